The van der Waals surface area contributed by atoms with Gasteiger partial charge in [-0.2, -0.15) is 0 Å². The van der Waals surface area contributed by atoms with Crippen LogP contribution < -0.4 is 0 Å². The van der Waals surface area contributed by atoms with Crippen LogP contribution in [0.3, 0.4) is 0 Å². The van der Waals surface area contributed by atoms with E-state index in [1.807, 2.05) is 0 Å². The highest BCUT2D eigenvalue weighted by Gasteiger charge is 1.96. The van der Waals surface area contributed by atoms with Crippen LogP contribution in [0.25, 0.3) is 0 Å². The van der Waals surface area contributed by atoms with Gasteiger partial charge >= 0.3 is 5.97 Å². The molecule has 0 aromatic heterocycles. The number of rotatable bonds is 17. The second kappa shape index (κ2) is 23.7. The molecular formula is C19H42O4. The zero-order valence-electron chi connectivity index (χ0n) is 13.8. The van der Waals surface area contributed by atoms with Crippen molar-refractivity contribution in [2.24, 2.45) is 0 Å². The van der Waals surface area contributed by atoms with E-state index >= 15 is 0 Å². The van der Waals surface area contributed by atoms with Gasteiger partial charge in [-0.05, 0) is 6.42 Å². The molecule has 0 atom stereocenters. The number of hydrogen-bond acceptors (Lipinski definition) is 3. The highest BCUT2D eigenvalue weighted by atomic mass is 16.5. The van der Waals surface area contributed by atoms with Gasteiger partial charge < -0.3 is 14.6 Å². The Morgan fingerprint density at radius 3 is 1.61 bits per heavy atom. The standard InChI is InChI=1S/C17H34O4.2CH4/c1-2-3-4-5-6-7-8-9-10-11-12-13-20-14-15-21-16-17(18)19;;/h2-16H2,1H3,(H,18,19);2*1H4. The molecule has 0 aliphatic rings. The summed E-state index contributed by atoms with van der Waals surface area (Å²) in [7, 11) is 0. The number of unbranched alkanes of at least 4 members (excludes halogenated alkanes) is 10. The minimum Gasteiger partial charge on any atom is -0.480 e. The van der Waals surface area contributed by atoms with Crippen LogP contribution in [-0.4, -0.2) is 37.5 Å². The minimum atomic E-state index is -0.930. The average Bonchev–Trinajstić information content (AvgIpc) is 2.46. The normalized spacial score (nSPS) is 9.96. The van der Waals surface area contributed by atoms with Gasteiger partial charge in [0.15, 0.2) is 0 Å². The van der Waals surface area contributed by atoms with Crippen LogP contribution in [0.2, 0.25) is 0 Å². The van der Waals surface area contributed by atoms with E-state index in [0.717, 1.165) is 13.0 Å². The monoisotopic (exact) mass is 334 g/mol. The summed E-state index contributed by atoms with van der Waals surface area (Å²) < 4.78 is 10.3. The van der Waals surface area contributed by atoms with E-state index in [1.165, 1.54) is 64.2 Å². The Bertz CT molecular complexity index is 219. The highest BCUT2D eigenvalue weighted by molar-refractivity contribution is 5.67. The lowest BCUT2D eigenvalue weighted by molar-refractivity contribution is -0.142. The number of carboxylic acid groups (broad SMARTS) is 1. The lowest BCUT2D eigenvalue weighted by Gasteiger charge is -2.05. The summed E-state index contributed by atoms with van der Waals surface area (Å²) in [6.07, 6.45) is 14.7. The molecule has 0 aliphatic carbocycles. The first kappa shape index (κ1) is 27.2. The number of aliphatic carboxylic acids is 1. The molecule has 0 fully saturated rings. The number of carboxylic acids is 1. The second-order valence-corrected chi connectivity index (χ2v) is 5.59. The van der Waals surface area contributed by atoms with E-state index in [2.05, 4.69) is 6.92 Å². The van der Waals surface area contributed by atoms with Crippen LogP contribution in [0.5, 0.6) is 0 Å². The number of hydrogen-bond donors (Lipinski definition) is 1. The summed E-state index contributed by atoms with van der Waals surface area (Å²) in [4.78, 5) is 10.2. The molecule has 4 nitrogen and oxygen atoms in total. The van der Waals surface area contributed by atoms with Gasteiger partial charge in [-0.25, -0.2) is 4.79 Å². The molecule has 4 heteroatoms. The fourth-order valence-electron chi connectivity index (χ4n) is 2.25. The van der Waals surface area contributed by atoms with Crippen molar-refractivity contribution >= 4 is 5.97 Å². The first-order valence-corrected chi connectivity index (χ1v) is 8.64. The molecule has 0 saturated heterocycles. The highest BCUT2D eigenvalue weighted by Crippen LogP contribution is 2.11. The molecule has 0 saturated carbocycles. The molecule has 0 aromatic rings. The Morgan fingerprint density at radius 2 is 1.13 bits per heavy atom. The van der Waals surface area contributed by atoms with Crippen molar-refractivity contribution in [2.45, 2.75) is 92.4 Å². The number of carbonyl (C=O) groups is 1. The van der Waals surface area contributed by atoms with E-state index in [0.29, 0.717) is 13.2 Å². The van der Waals surface area contributed by atoms with Gasteiger partial charge in [-0.1, -0.05) is 86.0 Å². The van der Waals surface area contributed by atoms with Crippen LogP contribution in [0.1, 0.15) is 92.4 Å². The third-order valence-corrected chi connectivity index (χ3v) is 3.49. The first-order valence-electron chi connectivity index (χ1n) is 8.64. The molecular weight excluding hydrogens is 292 g/mol. The molecule has 0 amide bonds. The Kier molecular flexibility index (Phi) is 28.0. The third-order valence-electron chi connectivity index (χ3n) is 3.49. The Balaban J connectivity index is -0.00000200. The maximum atomic E-state index is 10.2. The lowest BCUT2D eigenvalue weighted by Crippen LogP contribution is -2.11. The zero-order valence-corrected chi connectivity index (χ0v) is 13.8. The van der Waals surface area contributed by atoms with Crippen molar-refractivity contribution in [2.75, 3.05) is 26.4 Å². The van der Waals surface area contributed by atoms with Crippen molar-refractivity contribution in [3.8, 4) is 0 Å². The van der Waals surface area contributed by atoms with E-state index in [4.69, 9.17) is 14.6 Å². The predicted molar refractivity (Wildman–Crippen MR) is 99.2 cm³/mol. The predicted octanol–water partition coefficient (Wildman–Crippen LogP) is 5.69. The van der Waals surface area contributed by atoms with E-state index < -0.39 is 5.97 Å². The summed E-state index contributed by atoms with van der Waals surface area (Å²) in [6.45, 7) is 3.64. The van der Waals surface area contributed by atoms with Crippen molar-refractivity contribution < 1.29 is 19.4 Å². The molecule has 142 valence electrons. The van der Waals surface area contributed by atoms with Crippen LogP contribution in [0.15, 0.2) is 0 Å². The summed E-state index contributed by atoms with van der Waals surface area (Å²) in [6, 6.07) is 0. The van der Waals surface area contributed by atoms with Crippen LogP contribution in [0, 0.1) is 0 Å². The largest absolute Gasteiger partial charge is 0.480 e. The van der Waals surface area contributed by atoms with E-state index in [1.54, 1.807) is 0 Å². The minimum absolute atomic E-state index is 0. The van der Waals surface area contributed by atoms with Crippen LogP contribution >= 0.6 is 0 Å². The molecule has 0 rings (SSSR count). The molecule has 0 heterocycles. The topological polar surface area (TPSA) is 55.8 Å². The van der Waals surface area contributed by atoms with Crippen molar-refractivity contribution in [1.29, 1.82) is 0 Å². The van der Waals surface area contributed by atoms with Crippen molar-refractivity contribution in [1.82, 2.24) is 0 Å². The molecule has 0 unspecified atom stereocenters. The molecule has 0 spiro atoms. The van der Waals surface area contributed by atoms with Gasteiger partial charge in [0.2, 0.25) is 0 Å². The maximum absolute atomic E-state index is 10.2. The Labute approximate surface area is 145 Å². The van der Waals surface area contributed by atoms with Gasteiger partial charge in [0.05, 0.1) is 13.2 Å². The van der Waals surface area contributed by atoms with Crippen LogP contribution in [0.4, 0.5) is 0 Å². The molecule has 0 aromatic carbocycles. The van der Waals surface area contributed by atoms with E-state index in [-0.39, 0.29) is 21.5 Å². The summed E-state index contributed by atoms with van der Waals surface area (Å²) in [5.41, 5.74) is 0. The van der Waals surface area contributed by atoms with Crippen molar-refractivity contribution in [3.05, 3.63) is 0 Å². The van der Waals surface area contributed by atoms with Crippen molar-refractivity contribution in [3.63, 3.8) is 0 Å². The SMILES string of the molecule is C.C.CCCCCCCCCCCCCOCCOCC(=O)O. The summed E-state index contributed by atoms with van der Waals surface area (Å²) in [5.74, 6) is -0.930. The Hall–Kier alpha value is -0.610. The quantitative estimate of drug-likeness (QED) is 0.347. The number of ether oxygens (including phenoxy) is 2. The van der Waals surface area contributed by atoms with Gasteiger partial charge in [-0.15, -0.1) is 0 Å². The molecule has 23 heavy (non-hydrogen) atoms. The van der Waals surface area contributed by atoms with Crippen LogP contribution in [-0.2, 0) is 14.3 Å². The molecule has 1 N–H and O–H groups in total. The first-order chi connectivity index (χ1) is 10.3. The lowest BCUT2D eigenvalue weighted by atomic mass is 10.1. The fourth-order valence-corrected chi connectivity index (χ4v) is 2.25. The zero-order chi connectivity index (χ0) is 15.6. The van der Waals surface area contributed by atoms with E-state index in [9.17, 15) is 4.79 Å². The summed E-state index contributed by atoms with van der Waals surface area (Å²) in [5, 5.41) is 8.36. The smallest absolute Gasteiger partial charge is 0.329 e. The van der Waals surface area contributed by atoms with Gasteiger partial charge in [-0.3, -0.25) is 0 Å². The Morgan fingerprint density at radius 1 is 0.696 bits per heavy atom. The molecule has 0 bridgehead atoms. The van der Waals surface area contributed by atoms with Gasteiger partial charge in [0.1, 0.15) is 6.61 Å². The second-order valence-electron chi connectivity index (χ2n) is 5.59. The third kappa shape index (κ3) is 26.6. The summed E-state index contributed by atoms with van der Waals surface area (Å²) >= 11 is 0. The maximum Gasteiger partial charge on any atom is 0.329 e. The van der Waals surface area contributed by atoms with Gasteiger partial charge in [0.25, 0.3) is 0 Å². The molecule has 0 aliphatic heterocycles. The fraction of sp³-hybridized carbons (Fsp3) is 0.947. The molecule has 0 radical (unpaired) electrons. The van der Waals surface area contributed by atoms with Gasteiger partial charge in [0, 0.05) is 6.61 Å². The average molecular weight is 335 g/mol.